The third kappa shape index (κ3) is 3.02. The van der Waals surface area contributed by atoms with Crippen LogP contribution >= 0.6 is 15.9 Å². The minimum absolute atomic E-state index is 0.225. The van der Waals surface area contributed by atoms with Gasteiger partial charge < -0.3 is 5.32 Å². The summed E-state index contributed by atoms with van der Waals surface area (Å²) in [6.07, 6.45) is 1.49. The minimum Gasteiger partial charge on any atom is -0.381 e. The summed E-state index contributed by atoms with van der Waals surface area (Å²) >= 11 is 3.47. The van der Waals surface area contributed by atoms with Crippen molar-refractivity contribution in [1.29, 1.82) is 5.26 Å². The second kappa shape index (κ2) is 5.88. The van der Waals surface area contributed by atoms with E-state index in [-0.39, 0.29) is 6.04 Å². The second-order valence-electron chi connectivity index (χ2n) is 4.32. The van der Waals surface area contributed by atoms with Crippen LogP contribution in [-0.4, -0.2) is 6.04 Å². The van der Waals surface area contributed by atoms with Gasteiger partial charge in [-0.2, -0.15) is 5.26 Å². The lowest BCUT2D eigenvalue weighted by Gasteiger charge is -2.15. The molecule has 1 unspecified atom stereocenters. The molecule has 0 radical (unpaired) electrons. The second-order valence-corrected chi connectivity index (χ2v) is 5.23. The normalized spacial score (nSPS) is 12.1. The Bertz CT molecular complexity index is 587. The molecule has 0 aliphatic heterocycles. The van der Waals surface area contributed by atoms with Crippen LogP contribution in [0.3, 0.4) is 0 Å². The van der Waals surface area contributed by atoms with Gasteiger partial charge >= 0.3 is 0 Å². The average molecular weight is 303 g/mol. The van der Waals surface area contributed by atoms with E-state index in [0.29, 0.717) is 6.42 Å². The molecule has 0 fully saturated rings. The van der Waals surface area contributed by atoms with E-state index in [1.165, 1.54) is 10.8 Å². The number of rotatable bonds is 4. The molecule has 2 aromatic rings. The largest absolute Gasteiger partial charge is 0.381 e. The van der Waals surface area contributed by atoms with E-state index in [2.05, 4.69) is 64.6 Å². The van der Waals surface area contributed by atoms with Crippen molar-refractivity contribution in [2.24, 2.45) is 0 Å². The maximum absolute atomic E-state index is 8.75. The number of halogens is 1. The number of fused-ring (bicyclic) bond motifs is 1. The highest BCUT2D eigenvalue weighted by Gasteiger charge is 2.05. The summed E-state index contributed by atoms with van der Waals surface area (Å²) in [5.41, 5.74) is 1.08. The molecule has 0 aliphatic carbocycles. The zero-order chi connectivity index (χ0) is 13.0. The molecule has 1 N–H and O–H groups in total. The van der Waals surface area contributed by atoms with Crippen molar-refractivity contribution in [1.82, 2.24) is 0 Å². The molecule has 3 heteroatoms. The van der Waals surface area contributed by atoms with Gasteiger partial charge in [0.25, 0.3) is 0 Å². The lowest BCUT2D eigenvalue weighted by molar-refractivity contribution is 0.711. The van der Waals surface area contributed by atoms with Crippen LogP contribution in [0.4, 0.5) is 5.69 Å². The number of hydrogen-bond acceptors (Lipinski definition) is 2. The molecular formula is C15H15BrN2. The van der Waals surface area contributed by atoms with Crippen LogP contribution in [0.1, 0.15) is 19.8 Å². The van der Waals surface area contributed by atoms with Crippen molar-refractivity contribution >= 4 is 32.4 Å². The van der Waals surface area contributed by atoms with Crippen molar-refractivity contribution in [3.8, 4) is 6.07 Å². The van der Waals surface area contributed by atoms with Crippen molar-refractivity contribution in [2.45, 2.75) is 25.8 Å². The highest BCUT2D eigenvalue weighted by molar-refractivity contribution is 9.10. The van der Waals surface area contributed by atoms with Crippen LogP contribution in [0.2, 0.25) is 0 Å². The van der Waals surface area contributed by atoms with E-state index in [4.69, 9.17) is 5.26 Å². The molecular weight excluding hydrogens is 288 g/mol. The van der Waals surface area contributed by atoms with Crippen LogP contribution in [0.25, 0.3) is 10.8 Å². The van der Waals surface area contributed by atoms with Crippen LogP contribution in [0.15, 0.2) is 40.9 Å². The predicted octanol–water partition coefficient (Wildman–Crippen LogP) is 4.71. The van der Waals surface area contributed by atoms with Gasteiger partial charge in [-0.25, -0.2) is 0 Å². The molecule has 0 bridgehead atoms. The fraction of sp³-hybridized carbons (Fsp3) is 0.267. The van der Waals surface area contributed by atoms with E-state index >= 15 is 0 Å². The Morgan fingerprint density at radius 2 is 1.94 bits per heavy atom. The summed E-state index contributed by atoms with van der Waals surface area (Å²) in [6.45, 7) is 2.09. The van der Waals surface area contributed by atoms with Gasteiger partial charge in [-0.1, -0.05) is 35.0 Å². The average Bonchev–Trinajstić information content (AvgIpc) is 2.38. The van der Waals surface area contributed by atoms with Gasteiger partial charge in [0.05, 0.1) is 12.5 Å². The van der Waals surface area contributed by atoms with E-state index < -0.39 is 0 Å². The molecule has 0 aliphatic rings. The van der Waals surface area contributed by atoms with Crippen LogP contribution in [0.5, 0.6) is 0 Å². The highest BCUT2D eigenvalue weighted by Crippen LogP contribution is 2.23. The van der Waals surface area contributed by atoms with E-state index in [9.17, 15) is 0 Å². The molecule has 0 saturated heterocycles. The lowest BCUT2D eigenvalue weighted by atomic mass is 10.1. The molecule has 92 valence electrons. The van der Waals surface area contributed by atoms with Gasteiger partial charge in [0, 0.05) is 16.2 Å². The van der Waals surface area contributed by atoms with Gasteiger partial charge in [-0.05, 0) is 41.5 Å². The zero-order valence-electron chi connectivity index (χ0n) is 10.3. The van der Waals surface area contributed by atoms with Crippen molar-refractivity contribution in [3.63, 3.8) is 0 Å². The molecule has 18 heavy (non-hydrogen) atoms. The number of anilines is 1. The molecule has 0 saturated carbocycles. The molecule has 0 aromatic heterocycles. The maximum Gasteiger partial charge on any atom is 0.0643 e. The number of nitrogens with zero attached hydrogens (tertiary/aromatic N) is 1. The molecule has 0 heterocycles. The summed E-state index contributed by atoms with van der Waals surface area (Å²) in [5.74, 6) is 0. The summed E-state index contributed by atoms with van der Waals surface area (Å²) < 4.78 is 1.09. The number of nitriles is 1. The summed E-state index contributed by atoms with van der Waals surface area (Å²) in [4.78, 5) is 0. The zero-order valence-corrected chi connectivity index (χ0v) is 11.9. The Balaban J connectivity index is 2.25. The van der Waals surface area contributed by atoms with E-state index in [1.54, 1.807) is 0 Å². The van der Waals surface area contributed by atoms with Crippen LogP contribution in [-0.2, 0) is 0 Å². The third-order valence-electron chi connectivity index (χ3n) is 3.00. The summed E-state index contributed by atoms with van der Waals surface area (Å²) in [6, 6.07) is 15.0. The lowest BCUT2D eigenvalue weighted by Crippen LogP contribution is -2.17. The quantitative estimate of drug-likeness (QED) is 0.888. The smallest absolute Gasteiger partial charge is 0.0643 e. The molecule has 0 amide bonds. The first-order chi connectivity index (χ1) is 8.72. The van der Waals surface area contributed by atoms with Crippen molar-refractivity contribution in [3.05, 3.63) is 40.9 Å². The fourth-order valence-corrected chi connectivity index (χ4v) is 2.33. The molecule has 1 atom stereocenters. The summed E-state index contributed by atoms with van der Waals surface area (Å²) in [5, 5.41) is 14.6. The van der Waals surface area contributed by atoms with Gasteiger partial charge in [-0.3, -0.25) is 0 Å². The Labute approximate surface area is 116 Å². The Morgan fingerprint density at radius 1 is 1.22 bits per heavy atom. The highest BCUT2D eigenvalue weighted by atomic mass is 79.9. The van der Waals surface area contributed by atoms with Gasteiger partial charge in [0.1, 0.15) is 0 Å². The first-order valence-corrected chi connectivity index (χ1v) is 6.85. The van der Waals surface area contributed by atoms with E-state index in [1.807, 2.05) is 6.07 Å². The molecule has 2 rings (SSSR count). The van der Waals surface area contributed by atoms with Gasteiger partial charge in [0.2, 0.25) is 0 Å². The first-order valence-electron chi connectivity index (χ1n) is 6.05. The molecule has 2 aromatic carbocycles. The fourth-order valence-electron chi connectivity index (χ4n) is 1.95. The number of hydrogen-bond donors (Lipinski definition) is 1. The molecule has 0 spiro atoms. The number of benzene rings is 2. The maximum atomic E-state index is 8.75. The Kier molecular flexibility index (Phi) is 4.22. The van der Waals surface area contributed by atoms with Crippen LogP contribution in [0, 0.1) is 11.3 Å². The SMILES string of the molecule is CCC(CC#N)Nc1ccc2cc(Br)ccc2c1. The van der Waals surface area contributed by atoms with Crippen molar-refractivity contribution < 1.29 is 0 Å². The number of nitrogens with one attached hydrogen (secondary N) is 1. The monoisotopic (exact) mass is 302 g/mol. The summed E-state index contributed by atoms with van der Waals surface area (Å²) in [7, 11) is 0. The standard InChI is InChI=1S/C15H15BrN2/c1-2-14(7-8-17)18-15-6-4-11-9-13(16)5-3-12(11)10-15/h3-6,9-10,14,18H,2,7H2,1H3. The topological polar surface area (TPSA) is 35.8 Å². The van der Waals surface area contributed by atoms with Crippen LogP contribution < -0.4 is 5.32 Å². The van der Waals surface area contributed by atoms with E-state index in [0.717, 1.165) is 16.6 Å². The van der Waals surface area contributed by atoms with Gasteiger partial charge in [0.15, 0.2) is 0 Å². The molecule has 2 nitrogen and oxygen atoms in total. The first kappa shape index (κ1) is 12.9. The van der Waals surface area contributed by atoms with Crippen molar-refractivity contribution in [2.75, 3.05) is 5.32 Å². The Hall–Kier alpha value is -1.53. The predicted molar refractivity (Wildman–Crippen MR) is 79.6 cm³/mol. The Morgan fingerprint density at radius 3 is 2.67 bits per heavy atom. The minimum atomic E-state index is 0.225. The third-order valence-corrected chi connectivity index (χ3v) is 3.50. The van der Waals surface area contributed by atoms with Gasteiger partial charge in [-0.15, -0.1) is 0 Å².